The van der Waals surface area contributed by atoms with Crippen molar-refractivity contribution >= 4 is 29.3 Å². The van der Waals surface area contributed by atoms with Crippen molar-refractivity contribution in [1.82, 2.24) is 14.5 Å². The van der Waals surface area contributed by atoms with Gasteiger partial charge in [0.25, 0.3) is 5.91 Å². The minimum Gasteiger partial charge on any atom is -0.497 e. The van der Waals surface area contributed by atoms with Gasteiger partial charge in [-0.1, -0.05) is 36.7 Å². The molecule has 0 spiro atoms. The fraction of sp³-hybridized carbons (Fsp3) is 0.346. The van der Waals surface area contributed by atoms with E-state index in [2.05, 4.69) is 22.4 Å². The van der Waals surface area contributed by atoms with Gasteiger partial charge < -0.3 is 19.5 Å². The van der Waals surface area contributed by atoms with Gasteiger partial charge >= 0.3 is 0 Å². The number of aryl methyl sites for hydroxylation is 1. The van der Waals surface area contributed by atoms with E-state index in [1.807, 2.05) is 34.8 Å². The van der Waals surface area contributed by atoms with Crippen LogP contribution in [0.5, 0.6) is 5.75 Å². The summed E-state index contributed by atoms with van der Waals surface area (Å²) < 4.78 is 7.16. The topological polar surface area (TPSA) is 76.5 Å². The Kier molecular flexibility index (Phi) is 7.90. The summed E-state index contributed by atoms with van der Waals surface area (Å²) in [6.07, 6.45) is 7.72. The zero-order valence-electron chi connectivity index (χ0n) is 19.6. The number of methoxy groups -OCH3 is 1. The maximum Gasteiger partial charge on any atom is 0.254 e. The van der Waals surface area contributed by atoms with E-state index in [9.17, 15) is 9.59 Å². The summed E-state index contributed by atoms with van der Waals surface area (Å²) >= 11 is 1.38. The monoisotopic (exact) mass is 478 g/mol. The maximum atomic E-state index is 13.5. The van der Waals surface area contributed by atoms with Gasteiger partial charge in [0.05, 0.1) is 18.9 Å². The van der Waals surface area contributed by atoms with Crippen LogP contribution in [0.25, 0.3) is 0 Å². The minimum atomic E-state index is -0.112. The molecule has 2 heterocycles. The molecule has 1 aliphatic heterocycles. The maximum absolute atomic E-state index is 13.5. The number of benzene rings is 2. The highest BCUT2D eigenvalue weighted by Gasteiger charge is 2.27. The number of imidazole rings is 1. The lowest BCUT2D eigenvalue weighted by atomic mass is 10.00. The van der Waals surface area contributed by atoms with Crippen molar-refractivity contribution in [1.29, 1.82) is 0 Å². The van der Waals surface area contributed by atoms with Crippen LogP contribution >= 0.6 is 11.8 Å². The van der Waals surface area contributed by atoms with E-state index >= 15 is 0 Å². The Morgan fingerprint density at radius 3 is 2.53 bits per heavy atom. The standard InChI is InChI=1S/C26H30N4O3S/c1-29-17-15-27-26(29)34-18-24(31)28-21-11-7-20(8-12-21)25(32)30-16-5-3-4-6-23(30)19-9-13-22(33-2)14-10-19/h7-15,17,23H,3-6,16,18H2,1-2H3,(H,28,31). The Hall–Kier alpha value is -3.26. The van der Waals surface area contributed by atoms with Crippen LogP contribution in [-0.4, -0.2) is 45.7 Å². The van der Waals surface area contributed by atoms with Crippen LogP contribution in [-0.2, 0) is 11.8 Å². The molecule has 3 aromatic rings. The summed E-state index contributed by atoms with van der Waals surface area (Å²) in [4.78, 5) is 32.0. The second kappa shape index (κ2) is 11.2. The summed E-state index contributed by atoms with van der Waals surface area (Å²) in [7, 11) is 3.55. The predicted molar refractivity (Wildman–Crippen MR) is 134 cm³/mol. The first kappa shape index (κ1) is 23.9. The van der Waals surface area contributed by atoms with Crippen LogP contribution < -0.4 is 10.1 Å². The van der Waals surface area contributed by atoms with Gasteiger partial charge in [0.15, 0.2) is 5.16 Å². The average molecular weight is 479 g/mol. The lowest BCUT2D eigenvalue weighted by molar-refractivity contribution is -0.113. The van der Waals surface area contributed by atoms with E-state index in [0.29, 0.717) is 11.3 Å². The number of hydrogen-bond donors (Lipinski definition) is 1. The summed E-state index contributed by atoms with van der Waals surface area (Å²) in [5.74, 6) is 0.986. The predicted octanol–water partition coefficient (Wildman–Crippen LogP) is 4.92. The molecule has 178 valence electrons. The van der Waals surface area contributed by atoms with Crippen LogP contribution in [0.1, 0.15) is 47.6 Å². The van der Waals surface area contributed by atoms with Gasteiger partial charge in [0, 0.05) is 37.2 Å². The summed E-state index contributed by atoms with van der Waals surface area (Å²) in [6.45, 7) is 0.735. The van der Waals surface area contributed by atoms with Crippen molar-refractivity contribution in [2.75, 3.05) is 24.7 Å². The zero-order valence-corrected chi connectivity index (χ0v) is 20.4. The van der Waals surface area contributed by atoms with E-state index in [1.165, 1.54) is 11.8 Å². The molecule has 1 saturated heterocycles. The molecule has 0 aliphatic carbocycles. The van der Waals surface area contributed by atoms with Crippen LogP contribution in [0.4, 0.5) is 5.69 Å². The van der Waals surface area contributed by atoms with Crippen molar-refractivity contribution in [2.45, 2.75) is 36.9 Å². The van der Waals surface area contributed by atoms with E-state index in [0.717, 1.165) is 48.7 Å². The van der Waals surface area contributed by atoms with E-state index in [4.69, 9.17) is 4.74 Å². The molecule has 0 bridgehead atoms. The number of rotatable bonds is 7. The van der Waals surface area contributed by atoms with Crippen molar-refractivity contribution in [3.8, 4) is 5.75 Å². The Labute approximate surface area is 204 Å². The van der Waals surface area contributed by atoms with Gasteiger partial charge in [-0.25, -0.2) is 4.98 Å². The Balaban J connectivity index is 1.41. The molecule has 7 nitrogen and oxygen atoms in total. The molecule has 1 unspecified atom stereocenters. The van der Waals surface area contributed by atoms with Crippen molar-refractivity contribution in [3.05, 3.63) is 72.1 Å². The fourth-order valence-corrected chi connectivity index (χ4v) is 4.94. The minimum absolute atomic E-state index is 0.0194. The molecule has 2 aromatic carbocycles. The third-order valence-corrected chi connectivity index (χ3v) is 7.10. The van der Waals surface area contributed by atoms with Crippen molar-refractivity contribution < 1.29 is 14.3 Å². The molecule has 1 aromatic heterocycles. The van der Waals surface area contributed by atoms with Crippen LogP contribution in [0, 0.1) is 0 Å². The SMILES string of the molecule is COc1ccc(C2CCCCCN2C(=O)c2ccc(NC(=O)CSc3nccn3C)cc2)cc1. The highest BCUT2D eigenvalue weighted by atomic mass is 32.2. The third-order valence-electron chi connectivity index (χ3n) is 6.04. The van der Waals surface area contributed by atoms with Crippen LogP contribution in [0.3, 0.4) is 0 Å². The quantitative estimate of drug-likeness (QED) is 0.488. The number of nitrogens with zero attached hydrogens (tertiary/aromatic N) is 3. The van der Waals surface area contributed by atoms with Gasteiger partial charge in [-0.05, 0) is 54.8 Å². The third kappa shape index (κ3) is 5.80. The summed E-state index contributed by atoms with van der Waals surface area (Å²) in [5.41, 5.74) is 2.43. The molecule has 8 heteroatoms. The average Bonchev–Trinajstić information content (AvgIpc) is 3.12. The molecular formula is C26H30N4O3S. The Morgan fingerprint density at radius 2 is 1.85 bits per heavy atom. The smallest absolute Gasteiger partial charge is 0.254 e. The highest BCUT2D eigenvalue weighted by Crippen LogP contribution is 2.32. The summed E-state index contributed by atoms with van der Waals surface area (Å²) in [5, 5.41) is 3.68. The number of aromatic nitrogens is 2. The molecule has 4 rings (SSSR count). The Bertz CT molecular complexity index is 1110. The number of ether oxygens (including phenoxy) is 1. The molecule has 1 atom stereocenters. The van der Waals surface area contributed by atoms with Crippen LogP contribution in [0.2, 0.25) is 0 Å². The first-order chi connectivity index (χ1) is 16.5. The normalized spacial score (nSPS) is 16.1. The largest absolute Gasteiger partial charge is 0.497 e. The van der Waals surface area contributed by atoms with E-state index in [-0.39, 0.29) is 23.6 Å². The number of carbonyl (C=O) groups is 2. The fourth-order valence-electron chi connectivity index (χ4n) is 4.20. The number of hydrogen-bond acceptors (Lipinski definition) is 5. The van der Waals surface area contributed by atoms with Gasteiger partial charge in [-0.15, -0.1) is 0 Å². The lowest BCUT2D eigenvalue weighted by Crippen LogP contribution is -2.34. The Morgan fingerprint density at radius 1 is 1.09 bits per heavy atom. The number of carbonyl (C=O) groups excluding carboxylic acids is 2. The second-order valence-corrected chi connectivity index (χ2v) is 9.31. The first-order valence-electron chi connectivity index (χ1n) is 11.5. The molecule has 0 saturated carbocycles. The number of anilines is 1. The number of amides is 2. The zero-order chi connectivity index (χ0) is 23.9. The molecule has 1 fully saturated rings. The molecule has 0 radical (unpaired) electrons. The molecule has 2 amide bonds. The first-order valence-corrected chi connectivity index (χ1v) is 12.5. The second-order valence-electron chi connectivity index (χ2n) is 8.37. The number of nitrogens with one attached hydrogen (secondary N) is 1. The van der Waals surface area contributed by atoms with Gasteiger partial charge in [-0.2, -0.15) is 0 Å². The van der Waals surface area contributed by atoms with Gasteiger partial charge in [0.2, 0.25) is 5.91 Å². The summed E-state index contributed by atoms with van der Waals surface area (Å²) in [6, 6.07) is 15.2. The highest BCUT2D eigenvalue weighted by molar-refractivity contribution is 7.99. The van der Waals surface area contributed by atoms with Crippen molar-refractivity contribution in [2.24, 2.45) is 7.05 Å². The number of likely N-dealkylation sites (tertiary alicyclic amines) is 1. The van der Waals surface area contributed by atoms with Gasteiger partial charge in [0.1, 0.15) is 5.75 Å². The molecule has 1 N–H and O–H groups in total. The lowest BCUT2D eigenvalue weighted by Gasteiger charge is -2.31. The van der Waals surface area contributed by atoms with Crippen LogP contribution in [0.15, 0.2) is 66.1 Å². The van der Waals surface area contributed by atoms with Gasteiger partial charge in [-0.3, -0.25) is 9.59 Å². The van der Waals surface area contributed by atoms with Crippen molar-refractivity contribution in [3.63, 3.8) is 0 Å². The van der Waals surface area contributed by atoms with E-state index < -0.39 is 0 Å². The number of thioether (sulfide) groups is 1. The molecule has 1 aliphatic rings. The molecule has 34 heavy (non-hydrogen) atoms. The molecular weight excluding hydrogens is 448 g/mol. The van der Waals surface area contributed by atoms with E-state index in [1.54, 1.807) is 37.6 Å².